The first-order valence-corrected chi connectivity index (χ1v) is 36.4. The van der Waals surface area contributed by atoms with Crippen molar-refractivity contribution in [3.8, 4) is 0 Å². The van der Waals surface area contributed by atoms with E-state index in [1.54, 1.807) is 5.32 Å². The molecule has 11 unspecified atom stereocenters. The number of ether oxygens (including phenoxy) is 1. The summed E-state index contributed by atoms with van der Waals surface area (Å²) in [6, 6.07) is 0. The third-order valence-corrected chi connectivity index (χ3v) is 107. The zero-order valence-corrected chi connectivity index (χ0v) is 33.0. The molecule has 27 heavy (non-hydrogen) atoms. The van der Waals surface area contributed by atoms with E-state index in [9.17, 15) is 9.59 Å². The summed E-state index contributed by atoms with van der Waals surface area (Å²) in [4.78, 5) is 19.9. The SMILES string of the molecule is CC.COC(=O)NC(=O)Cl.[B]PP(P)P(P(P)P)P(I)P(P(P)P)P(P)P. The Labute approximate surface area is 208 Å². The number of carbonyl (C=O) groups is 2. The molecular formula is C5H25BClINO3P15. The van der Waals surface area contributed by atoms with Crippen molar-refractivity contribution in [2.24, 2.45) is 0 Å². The summed E-state index contributed by atoms with van der Waals surface area (Å²) in [6.45, 7) is 4.39. The quantitative estimate of drug-likeness (QED) is 0.0920. The maximum atomic E-state index is 9.98. The molecular weight excluding hydrogens is 760 g/mol. The average molecular weight is 785 g/mol. The molecule has 0 aliphatic rings. The van der Waals surface area contributed by atoms with Crippen molar-refractivity contribution in [2.75, 3.05) is 7.11 Å². The van der Waals surface area contributed by atoms with Crippen molar-refractivity contribution < 1.29 is 14.3 Å². The molecule has 22 heteroatoms. The Balaban J connectivity index is -0.000000482. The monoisotopic (exact) mass is 785 g/mol. The van der Waals surface area contributed by atoms with Crippen LogP contribution in [-0.4, -0.2) is 26.1 Å². The van der Waals surface area contributed by atoms with Crippen molar-refractivity contribution >= 4 is 170 Å². The number of carbonyl (C=O) groups excluding carboxylic acids is 2. The minimum absolute atomic E-state index is 0.00724. The van der Waals surface area contributed by atoms with Crippen molar-refractivity contribution in [3.05, 3.63) is 0 Å². The molecule has 0 aliphatic carbocycles. The van der Waals surface area contributed by atoms with Gasteiger partial charge in [0.25, 0.3) is 0 Å². The molecule has 0 aromatic heterocycles. The van der Waals surface area contributed by atoms with Crippen LogP contribution in [0.25, 0.3) is 0 Å². The fourth-order valence-electron chi connectivity index (χ4n) is 0.820. The third-order valence-electron chi connectivity index (χ3n) is 1.63. The largest absolute Gasteiger partial charge is 0.453 e. The Morgan fingerprint density at radius 3 is 1.56 bits per heavy atom. The Kier molecular flexibility index (Phi) is 34.0. The van der Waals surface area contributed by atoms with E-state index in [1.165, 1.54) is 0 Å². The number of amides is 2. The first kappa shape index (κ1) is 38.0. The fourth-order valence-corrected chi connectivity index (χ4v) is 205. The molecule has 2 amide bonds. The van der Waals surface area contributed by atoms with E-state index < -0.39 is 11.5 Å². The highest BCUT2D eigenvalue weighted by atomic mass is 127. The van der Waals surface area contributed by atoms with Gasteiger partial charge in [0.05, 0.1) is 7.11 Å². The molecule has 0 fully saturated rings. The van der Waals surface area contributed by atoms with Gasteiger partial charge in [-0.15, -0.1) is 70.6 Å². The summed E-state index contributed by atoms with van der Waals surface area (Å²) < 4.78 is 4.01. The summed E-state index contributed by atoms with van der Waals surface area (Å²) in [7, 11) is 29.2. The molecule has 0 aromatic rings. The van der Waals surface area contributed by atoms with Crippen LogP contribution in [-0.2, 0) is 4.74 Å². The van der Waals surface area contributed by atoms with Gasteiger partial charge in [0.1, 0.15) is 7.57 Å². The number of alkyl carbamates (subject to hydrolysis) is 1. The third kappa shape index (κ3) is 20.4. The van der Waals surface area contributed by atoms with E-state index >= 15 is 0 Å². The van der Waals surface area contributed by atoms with Crippen LogP contribution in [0.3, 0.4) is 0 Å². The zero-order valence-electron chi connectivity index (χ0n) is 14.7. The Morgan fingerprint density at radius 1 is 1.00 bits per heavy atom. The topological polar surface area (TPSA) is 55.4 Å². The number of rotatable bonds is 7. The second-order valence-corrected chi connectivity index (χ2v) is 68.5. The van der Waals surface area contributed by atoms with E-state index in [0.717, 1.165) is 7.11 Å². The lowest BCUT2D eigenvalue weighted by atomic mass is 10.8. The minimum Gasteiger partial charge on any atom is -0.453 e. The molecule has 0 bridgehead atoms. The Morgan fingerprint density at radius 2 is 1.37 bits per heavy atom. The van der Waals surface area contributed by atoms with E-state index in [2.05, 4.69) is 89.3 Å². The van der Waals surface area contributed by atoms with Gasteiger partial charge >= 0.3 is 11.5 Å². The molecule has 0 aliphatic heterocycles. The second kappa shape index (κ2) is 24.2. The van der Waals surface area contributed by atoms with Crippen molar-refractivity contribution in [1.29, 1.82) is 0 Å². The molecule has 0 heterocycles. The van der Waals surface area contributed by atoms with Gasteiger partial charge in [-0.05, 0) is 68.6 Å². The lowest BCUT2D eigenvalue weighted by molar-refractivity contribution is 0.173. The molecule has 11 atom stereocenters. The van der Waals surface area contributed by atoms with Crippen molar-refractivity contribution in [2.45, 2.75) is 13.8 Å². The molecule has 0 aromatic carbocycles. The van der Waals surface area contributed by atoms with Gasteiger partial charge in [-0.1, -0.05) is 13.8 Å². The molecule has 4 nitrogen and oxygen atoms in total. The number of imide groups is 1. The lowest BCUT2D eigenvalue weighted by Gasteiger charge is -2.39. The number of nitrogens with one attached hydrogen (secondary N) is 1. The second-order valence-electron chi connectivity index (χ2n) is 3.28. The number of hydrogen-bond donors (Lipinski definition) is 1. The Bertz CT molecular complexity index is 404. The van der Waals surface area contributed by atoms with Crippen LogP contribution in [0.2, 0.25) is 0 Å². The van der Waals surface area contributed by atoms with E-state index in [4.69, 9.17) is 19.2 Å². The highest BCUT2D eigenvalue weighted by Crippen LogP contribution is 3.23. The van der Waals surface area contributed by atoms with Crippen LogP contribution in [0.1, 0.15) is 13.8 Å². The van der Waals surface area contributed by atoms with Gasteiger partial charge in [0.15, 0.2) is 0 Å². The molecule has 160 valence electrons. The van der Waals surface area contributed by atoms with Crippen LogP contribution < -0.4 is 5.32 Å². The lowest BCUT2D eigenvalue weighted by Crippen LogP contribution is -2.24. The molecule has 0 spiro atoms. The van der Waals surface area contributed by atoms with Crippen LogP contribution >= 0.6 is 151 Å². The van der Waals surface area contributed by atoms with E-state index in [0.29, 0.717) is 8.15 Å². The standard InChI is InChI=1S/C3H4ClNO3.C2H6.BH15IP15/c1-8-3(7)5-2(4)6;1-2;1-10-15(9)17(14(7)8)11(2)16(12(3)4)13(5)6/h1H3,(H,5,6,7);1-2H3;10H,3-9H2. The van der Waals surface area contributed by atoms with Gasteiger partial charge in [-0.2, -0.15) is 0 Å². The van der Waals surface area contributed by atoms with E-state index in [-0.39, 0.29) is 46.9 Å². The van der Waals surface area contributed by atoms with Gasteiger partial charge in [-0.25, -0.2) is 10.1 Å². The van der Waals surface area contributed by atoms with Crippen molar-refractivity contribution in [3.63, 3.8) is 0 Å². The normalized spacial score (nSPS) is 14.4. The summed E-state index contributed by atoms with van der Waals surface area (Å²) in [6.07, 6.45) is -0.856. The molecule has 1 N–H and O–H groups in total. The first-order chi connectivity index (χ1) is 12.4. The fraction of sp³-hybridized carbons (Fsp3) is 0.600. The van der Waals surface area contributed by atoms with Crippen LogP contribution in [0.5, 0.6) is 0 Å². The minimum atomic E-state index is -0.947. The molecule has 0 saturated heterocycles. The molecule has 0 saturated carbocycles. The maximum absolute atomic E-state index is 9.98. The first-order valence-electron chi connectivity index (χ1n) is 6.40. The average Bonchev–Trinajstić information content (AvgIpc) is 2.55. The molecule has 0 rings (SSSR count). The van der Waals surface area contributed by atoms with Crippen LogP contribution in [0, 0.1) is 0 Å². The van der Waals surface area contributed by atoms with E-state index in [1.807, 2.05) is 13.8 Å². The summed E-state index contributed by atoms with van der Waals surface area (Å²) >= 11 is 7.49. The maximum Gasteiger partial charge on any atom is 0.414 e. The molecule has 2 radical (unpaired) electrons. The predicted molar refractivity (Wildman–Crippen MR) is 183 cm³/mol. The number of hydrogen-bond acceptors (Lipinski definition) is 3. The highest BCUT2D eigenvalue weighted by Gasteiger charge is 2.36. The summed E-state index contributed by atoms with van der Waals surface area (Å²) in [5, 5.41) is 0.710. The number of methoxy groups -OCH3 is 1. The predicted octanol–water partition coefficient (Wildman–Crippen LogP) is 11.1. The summed E-state index contributed by atoms with van der Waals surface area (Å²) in [5.74, 6) is 0. The van der Waals surface area contributed by atoms with Crippen molar-refractivity contribution in [1.82, 2.24) is 5.32 Å². The van der Waals surface area contributed by atoms with Gasteiger partial charge < -0.3 is 4.74 Å². The smallest absolute Gasteiger partial charge is 0.414 e. The van der Waals surface area contributed by atoms with Gasteiger partial charge in [0, 0.05) is 11.9 Å². The van der Waals surface area contributed by atoms with Gasteiger partial charge in [0.2, 0.25) is 0 Å². The van der Waals surface area contributed by atoms with Crippen LogP contribution in [0.15, 0.2) is 0 Å². The summed E-state index contributed by atoms with van der Waals surface area (Å²) in [5.41, 5.74) is 0. The number of halogens is 2. The zero-order chi connectivity index (χ0) is 22.3. The van der Waals surface area contributed by atoms with Gasteiger partial charge in [-0.3, -0.25) is 4.79 Å². The van der Waals surface area contributed by atoms with Crippen LogP contribution in [0.4, 0.5) is 9.59 Å². The highest BCUT2D eigenvalue weighted by molar-refractivity contribution is 14.2. The Hall–Kier alpha value is 6.47.